The van der Waals surface area contributed by atoms with E-state index in [0.717, 1.165) is 25.7 Å². The number of amides is 1. The lowest BCUT2D eigenvalue weighted by Crippen LogP contribution is -2.55. The maximum absolute atomic E-state index is 12.2. The summed E-state index contributed by atoms with van der Waals surface area (Å²) in [5, 5.41) is 11.8. The normalized spacial score (nSPS) is 20.9. The van der Waals surface area contributed by atoms with E-state index in [9.17, 15) is 14.7 Å². The molecule has 2 unspecified atom stereocenters. The second kappa shape index (κ2) is 7.62. The fourth-order valence-corrected chi connectivity index (χ4v) is 2.42. The third-order valence-corrected chi connectivity index (χ3v) is 4.15. The number of carbonyl (C=O) groups excluding carboxylic acids is 1. The molecule has 1 amide bonds. The van der Waals surface area contributed by atoms with Gasteiger partial charge in [-0.25, -0.2) is 4.79 Å². The van der Waals surface area contributed by atoms with Crippen molar-refractivity contribution in [3.63, 3.8) is 0 Å². The minimum atomic E-state index is -1.22. The molecule has 1 aliphatic carbocycles. The van der Waals surface area contributed by atoms with E-state index in [1.165, 1.54) is 13.3 Å². The Morgan fingerprint density at radius 2 is 1.90 bits per heavy atom. The van der Waals surface area contributed by atoms with E-state index in [1.54, 1.807) is 6.92 Å². The van der Waals surface area contributed by atoms with Gasteiger partial charge in [-0.15, -0.1) is 0 Å². The van der Waals surface area contributed by atoms with Crippen LogP contribution in [0.15, 0.2) is 0 Å². The lowest BCUT2D eigenvalue weighted by molar-refractivity contribution is -0.151. The van der Waals surface area contributed by atoms with E-state index in [1.807, 2.05) is 6.92 Å². The number of carboxylic acid groups (broad SMARTS) is 1. The molecular formula is C15H27NO4. The lowest BCUT2D eigenvalue weighted by Gasteiger charge is -2.30. The van der Waals surface area contributed by atoms with Gasteiger partial charge >= 0.3 is 5.97 Å². The fraction of sp³-hybridized carbons (Fsp3) is 0.867. The standard InChI is InChI=1S/C15H27NO4/c1-4-12(20-11-9-7-6-8-10-11)13(17)16-15(3,5-2)14(18)19/h11-12H,4-10H2,1-3H3,(H,16,17)(H,18,19). The van der Waals surface area contributed by atoms with Crippen molar-refractivity contribution < 1.29 is 19.4 Å². The van der Waals surface area contributed by atoms with Crippen LogP contribution in [-0.2, 0) is 14.3 Å². The Balaban J connectivity index is 2.59. The Bertz CT molecular complexity index is 339. The predicted octanol–water partition coefficient (Wildman–Crippen LogP) is 2.48. The topological polar surface area (TPSA) is 75.6 Å². The number of nitrogens with one attached hydrogen (secondary N) is 1. The van der Waals surface area contributed by atoms with Crippen LogP contribution in [0.2, 0.25) is 0 Å². The highest BCUT2D eigenvalue weighted by atomic mass is 16.5. The second-order valence-electron chi connectivity index (χ2n) is 5.77. The lowest BCUT2D eigenvalue weighted by atomic mass is 9.97. The first-order valence-corrected chi connectivity index (χ1v) is 7.63. The third-order valence-electron chi connectivity index (χ3n) is 4.15. The molecule has 0 aliphatic heterocycles. The summed E-state index contributed by atoms with van der Waals surface area (Å²) in [5.41, 5.74) is -1.22. The zero-order valence-corrected chi connectivity index (χ0v) is 12.8. The van der Waals surface area contributed by atoms with Crippen molar-refractivity contribution in [3.8, 4) is 0 Å². The van der Waals surface area contributed by atoms with Gasteiger partial charge in [0.2, 0.25) is 5.91 Å². The molecule has 2 atom stereocenters. The monoisotopic (exact) mass is 285 g/mol. The minimum Gasteiger partial charge on any atom is -0.480 e. The number of aliphatic carboxylic acids is 1. The van der Waals surface area contributed by atoms with Gasteiger partial charge in [-0.2, -0.15) is 0 Å². The summed E-state index contributed by atoms with van der Waals surface area (Å²) < 4.78 is 5.87. The highest BCUT2D eigenvalue weighted by molar-refractivity contribution is 5.88. The molecule has 0 bridgehead atoms. The summed E-state index contributed by atoms with van der Waals surface area (Å²) in [4.78, 5) is 23.5. The average Bonchev–Trinajstić information content (AvgIpc) is 2.45. The molecule has 0 radical (unpaired) electrons. The van der Waals surface area contributed by atoms with E-state index in [4.69, 9.17) is 4.74 Å². The molecule has 0 spiro atoms. The van der Waals surface area contributed by atoms with Crippen LogP contribution < -0.4 is 5.32 Å². The largest absolute Gasteiger partial charge is 0.480 e. The number of rotatable bonds is 7. The van der Waals surface area contributed by atoms with E-state index in [2.05, 4.69) is 5.32 Å². The summed E-state index contributed by atoms with van der Waals surface area (Å²) in [7, 11) is 0. The third kappa shape index (κ3) is 4.47. The summed E-state index contributed by atoms with van der Waals surface area (Å²) in [6.45, 7) is 5.16. The van der Waals surface area contributed by atoms with E-state index in [-0.39, 0.29) is 12.0 Å². The van der Waals surface area contributed by atoms with Gasteiger partial charge in [0.15, 0.2) is 0 Å². The van der Waals surface area contributed by atoms with Crippen LogP contribution in [0.1, 0.15) is 65.7 Å². The number of ether oxygens (including phenoxy) is 1. The molecule has 116 valence electrons. The second-order valence-corrected chi connectivity index (χ2v) is 5.77. The quantitative estimate of drug-likeness (QED) is 0.753. The number of carboxylic acids is 1. The summed E-state index contributed by atoms with van der Waals surface area (Å²) in [5.74, 6) is -1.33. The molecule has 0 heterocycles. The van der Waals surface area contributed by atoms with Gasteiger partial charge in [-0.05, 0) is 32.6 Å². The zero-order valence-electron chi connectivity index (χ0n) is 12.8. The zero-order chi connectivity index (χ0) is 15.2. The number of carbonyl (C=O) groups is 2. The van der Waals surface area contributed by atoms with E-state index in [0.29, 0.717) is 12.8 Å². The van der Waals surface area contributed by atoms with E-state index < -0.39 is 17.6 Å². The molecule has 2 N–H and O–H groups in total. The smallest absolute Gasteiger partial charge is 0.329 e. The van der Waals surface area contributed by atoms with Crippen molar-refractivity contribution in [2.24, 2.45) is 0 Å². The van der Waals surface area contributed by atoms with Crippen LogP contribution in [-0.4, -0.2) is 34.7 Å². The van der Waals surface area contributed by atoms with Crippen LogP contribution in [0, 0.1) is 0 Å². The van der Waals surface area contributed by atoms with Crippen LogP contribution >= 0.6 is 0 Å². The van der Waals surface area contributed by atoms with Crippen LogP contribution in [0.25, 0.3) is 0 Å². The first-order chi connectivity index (χ1) is 9.42. The number of hydrogen-bond donors (Lipinski definition) is 2. The van der Waals surface area contributed by atoms with Crippen molar-refractivity contribution >= 4 is 11.9 Å². The Morgan fingerprint density at radius 1 is 1.30 bits per heavy atom. The van der Waals surface area contributed by atoms with Gasteiger partial charge in [0.05, 0.1) is 6.10 Å². The molecule has 0 aromatic rings. The van der Waals surface area contributed by atoms with Crippen LogP contribution in [0.3, 0.4) is 0 Å². The Morgan fingerprint density at radius 3 is 2.35 bits per heavy atom. The van der Waals surface area contributed by atoms with Gasteiger partial charge in [0.1, 0.15) is 11.6 Å². The molecule has 1 saturated carbocycles. The maximum atomic E-state index is 12.2. The highest BCUT2D eigenvalue weighted by Crippen LogP contribution is 2.22. The molecule has 0 aromatic carbocycles. The summed E-state index contributed by atoms with van der Waals surface area (Å²) in [6, 6.07) is 0. The first kappa shape index (κ1) is 17.0. The molecule has 1 rings (SSSR count). The first-order valence-electron chi connectivity index (χ1n) is 7.63. The van der Waals surface area contributed by atoms with Crippen molar-refractivity contribution in [3.05, 3.63) is 0 Å². The minimum absolute atomic E-state index is 0.136. The summed E-state index contributed by atoms with van der Waals surface area (Å²) in [6.07, 6.45) is 5.99. The van der Waals surface area contributed by atoms with Crippen molar-refractivity contribution in [1.29, 1.82) is 0 Å². The van der Waals surface area contributed by atoms with Crippen molar-refractivity contribution in [2.45, 2.75) is 83.5 Å². The van der Waals surface area contributed by atoms with Crippen molar-refractivity contribution in [1.82, 2.24) is 5.32 Å². The van der Waals surface area contributed by atoms with Gasteiger partial charge in [-0.1, -0.05) is 33.1 Å². The summed E-state index contributed by atoms with van der Waals surface area (Å²) >= 11 is 0. The van der Waals surface area contributed by atoms with Gasteiger partial charge in [0.25, 0.3) is 0 Å². The fourth-order valence-electron chi connectivity index (χ4n) is 2.42. The molecule has 5 nitrogen and oxygen atoms in total. The maximum Gasteiger partial charge on any atom is 0.329 e. The van der Waals surface area contributed by atoms with Crippen molar-refractivity contribution in [2.75, 3.05) is 0 Å². The van der Waals surface area contributed by atoms with E-state index >= 15 is 0 Å². The molecule has 5 heteroatoms. The van der Waals surface area contributed by atoms with Gasteiger partial charge in [0, 0.05) is 0 Å². The Hall–Kier alpha value is -1.10. The predicted molar refractivity (Wildman–Crippen MR) is 76.5 cm³/mol. The molecular weight excluding hydrogens is 258 g/mol. The SMILES string of the molecule is CCC(OC1CCCCC1)C(=O)NC(C)(CC)C(=O)O. The highest BCUT2D eigenvalue weighted by Gasteiger charge is 2.35. The van der Waals surface area contributed by atoms with Crippen LogP contribution in [0.4, 0.5) is 0 Å². The Labute approximate surface area is 121 Å². The van der Waals surface area contributed by atoms with Gasteiger partial charge < -0.3 is 15.2 Å². The average molecular weight is 285 g/mol. The van der Waals surface area contributed by atoms with Crippen LogP contribution in [0.5, 0.6) is 0 Å². The molecule has 1 fully saturated rings. The Kier molecular flexibility index (Phi) is 6.46. The molecule has 20 heavy (non-hydrogen) atoms. The molecule has 0 aromatic heterocycles. The number of hydrogen-bond acceptors (Lipinski definition) is 3. The molecule has 0 saturated heterocycles. The van der Waals surface area contributed by atoms with Gasteiger partial charge in [-0.3, -0.25) is 4.79 Å². The molecule has 1 aliphatic rings.